The van der Waals surface area contributed by atoms with Crippen LogP contribution in [-0.4, -0.2) is 33.4 Å². The van der Waals surface area contributed by atoms with Crippen LogP contribution in [0.15, 0.2) is 42.6 Å². The number of nitrogens with one attached hydrogen (secondary N) is 1. The Morgan fingerprint density at radius 3 is 2.83 bits per heavy atom. The molecule has 5 heteroatoms. The molecule has 0 bridgehead atoms. The van der Waals surface area contributed by atoms with Crippen LogP contribution in [0.3, 0.4) is 0 Å². The van der Waals surface area contributed by atoms with Crippen molar-refractivity contribution in [2.24, 2.45) is 5.92 Å². The molecule has 1 aliphatic carbocycles. The van der Waals surface area contributed by atoms with Gasteiger partial charge in [0.2, 0.25) is 0 Å². The fourth-order valence-corrected chi connectivity index (χ4v) is 3.18. The summed E-state index contributed by atoms with van der Waals surface area (Å²) < 4.78 is 1.85. The highest BCUT2D eigenvalue weighted by Gasteiger charge is 2.23. The minimum Gasteiger partial charge on any atom is -0.396 e. The molecule has 1 amide bonds. The number of benzene rings is 1. The summed E-state index contributed by atoms with van der Waals surface area (Å²) in [6, 6.07) is 7.98. The first-order valence-electron chi connectivity index (χ1n) is 8.37. The monoisotopic (exact) mass is 325 g/mol. The van der Waals surface area contributed by atoms with Crippen molar-refractivity contribution >= 4 is 5.91 Å². The highest BCUT2D eigenvalue weighted by atomic mass is 16.3. The van der Waals surface area contributed by atoms with Crippen LogP contribution in [0.1, 0.15) is 35.0 Å². The van der Waals surface area contributed by atoms with Crippen LogP contribution in [0.25, 0.3) is 5.69 Å². The third kappa shape index (κ3) is 3.12. The van der Waals surface area contributed by atoms with E-state index < -0.39 is 0 Å². The maximum absolute atomic E-state index is 12.6. The number of aromatic nitrogens is 2. The largest absolute Gasteiger partial charge is 0.396 e. The number of amides is 1. The molecule has 0 radical (unpaired) electrons. The van der Waals surface area contributed by atoms with Crippen molar-refractivity contribution in [1.29, 1.82) is 0 Å². The Bertz CT molecular complexity index is 764. The molecule has 0 aliphatic heterocycles. The van der Waals surface area contributed by atoms with Crippen LogP contribution < -0.4 is 5.32 Å². The van der Waals surface area contributed by atoms with E-state index in [1.807, 2.05) is 54.9 Å². The smallest absolute Gasteiger partial charge is 0.255 e. The van der Waals surface area contributed by atoms with Gasteiger partial charge in [-0.05, 0) is 31.4 Å². The van der Waals surface area contributed by atoms with E-state index in [2.05, 4.69) is 10.4 Å². The average Bonchev–Trinajstić information content (AvgIpc) is 3.21. The van der Waals surface area contributed by atoms with Gasteiger partial charge in [0.1, 0.15) is 0 Å². The van der Waals surface area contributed by atoms with Gasteiger partial charge in [-0.1, -0.05) is 37.3 Å². The second-order valence-electron chi connectivity index (χ2n) is 6.20. The Balaban J connectivity index is 1.83. The lowest BCUT2D eigenvalue weighted by atomic mass is 10.1. The molecule has 2 aromatic rings. The Labute approximate surface area is 142 Å². The number of rotatable bonds is 5. The van der Waals surface area contributed by atoms with E-state index in [0.717, 1.165) is 29.8 Å². The molecule has 24 heavy (non-hydrogen) atoms. The second-order valence-corrected chi connectivity index (χ2v) is 6.20. The van der Waals surface area contributed by atoms with Crippen molar-refractivity contribution in [3.8, 4) is 5.69 Å². The fourth-order valence-electron chi connectivity index (χ4n) is 3.18. The first-order chi connectivity index (χ1) is 11.6. The molecule has 0 spiro atoms. The third-order valence-corrected chi connectivity index (χ3v) is 4.52. The number of carbonyl (C=O) groups excluding carboxylic acids is 1. The van der Waals surface area contributed by atoms with Gasteiger partial charge in [-0.25, -0.2) is 4.68 Å². The van der Waals surface area contributed by atoms with Gasteiger partial charge in [0.15, 0.2) is 0 Å². The SMILES string of the molecule is CCc1c(C(=O)N[C@@H]2C=C[C@H](CO)C2)cnn1-c1ccccc1C. The zero-order valence-electron chi connectivity index (χ0n) is 14.1. The molecule has 1 heterocycles. The first-order valence-corrected chi connectivity index (χ1v) is 8.37. The van der Waals surface area contributed by atoms with Crippen LogP contribution in [0.5, 0.6) is 0 Å². The molecule has 0 unspecified atom stereocenters. The van der Waals surface area contributed by atoms with Crippen molar-refractivity contribution in [3.05, 3.63) is 59.4 Å². The van der Waals surface area contributed by atoms with Gasteiger partial charge in [-0.2, -0.15) is 5.10 Å². The summed E-state index contributed by atoms with van der Waals surface area (Å²) in [5.41, 5.74) is 3.63. The summed E-state index contributed by atoms with van der Waals surface area (Å²) in [6.45, 7) is 4.18. The molecular formula is C19H23N3O2. The Hall–Kier alpha value is -2.40. The molecule has 0 saturated carbocycles. The summed E-state index contributed by atoms with van der Waals surface area (Å²) in [5, 5.41) is 16.7. The fraction of sp³-hybridized carbons (Fsp3) is 0.368. The summed E-state index contributed by atoms with van der Waals surface area (Å²) in [5.74, 6) is 0.0237. The number of nitrogens with zero attached hydrogens (tertiary/aromatic N) is 2. The van der Waals surface area contributed by atoms with Gasteiger partial charge >= 0.3 is 0 Å². The third-order valence-electron chi connectivity index (χ3n) is 4.52. The highest BCUT2D eigenvalue weighted by Crippen LogP contribution is 2.21. The van der Waals surface area contributed by atoms with Gasteiger partial charge < -0.3 is 10.4 Å². The standard InChI is InChI=1S/C19H23N3O2/c1-3-17-16(19(24)21-15-9-8-14(10-15)12-23)11-20-22(17)18-7-5-4-6-13(18)2/h4-9,11,14-15,23H,3,10,12H2,1-2H3,(H,21,24)/t14-,15+/m0/s1. The van der Waals surface area contributed by atoms with Crippen LogP contribution in [0.2, 0.25) is 0 Å². The summed E-state index contributed by atoms with van der Waals surface area (Å²) in [7, 11) is 0. The molecule has 2 N–H and O–H groups in total. The molecule has 3 rings (SSSR count). The predicted molar refractivity (Wildman–Crippen MR) is 93.3 cm³/mol. The van der Waals surface area contributed by atoms with Gasteiger partial charge in [0.05, 0.1) is 23.1 Å². The van der Waals surface area contributed by atoms with Gasteiger partial charge in [0, 0.05) is 18.6 Å². The molecule has 126 valence electrons. The van der Waals surface area contributed by atoms with E-state index in [1.165, 1.54) is 0 Å². The van der Waals surface area contributed by atoms with E-state index in [4.69, 9.17) is 0 Å². The average molecular weight is 325 g/mol. The van der Waals surface area contributed by atoms with Gasteiger partial charge in [-0.3, -0.25) is 4.79 Å². The highest BCUT2D eigenvalue weighted by molar-refractivity contribution is 5.95. The van der Waals surface area contributed by atoms with Crippen LogP contribution in [0, 0.1) is 12.8 Å². The summed E-state index contributed by atoms with van der Waals surface area (Å²) >= 11 is 0. The van der Waals surface area contributed by atoms with Gasteiger partial charge in [0.25, 0.3) is 5.91 Å². The maximum atomic E-state index is 12.6. The molecule has 5 nitrogen and oxygen atoms in total. The number of hydrogen-bond acceptors (Lipinski definition) is 3. The van der Waals surface area contributed by atoms with E-state index >= 15 is 0 Å². The Kier molecular flexibility index (Phi) is 4.81. The van der Waals surface area contributed by atoms with Crippen molar-refractivity contribution in [2.75, 3.05) is 6.61 Å². The van der Waals surface area contributed by atoms with Crippen molar-refractivity contribution in [3.63, 3.8) is 0 Å². The second kappa shape index (κ2) is 7.01. The number of para-hydroxylation sites is 1. The molecule has 1 aromatic carbocycles. The quantitative estimate of drug-likeness (QED) is 0.830. The molecule has 0 fully saturated rings. The predicted octanol–water partition coefficient (Wildman–Crippen LogP) is 2.41. The molecular weight excluding hydrogens is 302 g/mol. The maximum Gasteiger partial charge on any atom is 0.255 e. The zero-order chi connectivity index (χ0) is 17.1. The lowest BCUT2D eigenvalue weighted by molar-refractivity contribution is 0.0940. The van der Waals surface area contributed by atoms with Crippen LogP contribution in [0.4, 0.5) is 0 Å². The summed E-state index contributed by atoms with van der Waals surface area (Å²) in [4.78, 5) is 12.6. The Morgan fingerprint density at radius 1 is 1.38 bits per heavy atom. The minimum absolute atomic E-state index is 0.0267. The summed E-state index contributed by atoms with van der Waals surface area (Å²) in [6.07, 6.45) is 7.02. The lowest BCUT2D eigenvalue weighted by Crippen LogP contribution is -2.33. The van der Waals surface area contributed by atoms with E-state index in [9.17, 15) is 9.90 Å². The van der Waals surface area contributed by atoms with Crippen molar-refractivity contribution in [1.82, 2.24) is 15.1 Å². The number of aliphatic hydroxyl groups is 1. The van der Waals surface area contributed by atoms with E-state index in [-0.39, 0.29) is 24.5 Å². The molecule has 2 atom stereocenters. The molecule has 1 aliphatic rings. The Morgan fingerprint density at radius 2 is 2.17 bits per heavy atom. The number of aliphatic hydroxyl groups excluding tert-OH is 1. The molecule has 0 saturated heterocycles. The number of carbonyl (C=O) groups is 1. The minimum atomic E-state index is -0.111. The van der Waals surface area contributed by atoms with E-state index in [0.29, 0.717) is 5.56 Å². The van der Waals surface area contributed by atoms with Crippen molar-refractivity contribution < 1.29 is 9.90 Å². The van der Waals surface area contributed by atoms with Crippen molar-refractivity contribution in [2.45, 2.75) is 32.7 Å². The number of aryl methyl sites for hydroxylation is 1. The van der Waals surface area contributed by atoms with Crippen LogP contribution >= 0.6 is 0 Å². The van der Waals surface area contributed by atoms with E-state index in [1.54, 1.807) is 6.20 Å². The van der Waals surface area contributed by atoms with Gasteiger partial charge in [-0.15, -0.1) is 0 Å². The number of hydrogen-bond donors (Lipinski definition) is 2. The molecule has 1 aromatic heterocycles. The normalized spacial score (nSPS) is 19.6. The first kappa shape index (κ1) is 16.5. The van der Waals surface area contributed by atoms with Crippen LogP contribution in [-0.2, 0) is 6.42 Å². The lowest BCUT2D eigenvalue weighted by Gasteiger charge is -2.14. The topological polar surface area (TPSA) is 67.2 Å². The zero-order valence-corrected chi connectivity index (χ0v) is 14.1.